The first-order chi connectivity index (χ1) is 17.7. The van der Waals surface area contributed by atoms with E-state index in [9.17, 15) is 14.4 Å². The highest BCUT2D eigenvalue weighted by molar-refractivity contribution is 7.71. The zero-order chi connectivity index (χ0) is 26.9. The number of hydrogen-bond acceptors (Lipinski definition) is 11. The van der Waals surface area contributed by atoms with Gasteiger partial charge in [-0.15, -0.1) is 0 Å². The van der Waals surface area contributed by atoms with Gasteiger partial charge >= 0.3 is 11.9 Å². The molecule has 0 bridgehead atoms. The van der Waals surface area contributed by atoms with Gasteiger partial charge in [0, 0.05) is 24.7 Å². The normalized spacial score (nSPS) is 11.5. The summed E-state index contributed by atoms with van der Waals surface area (Å²) in [4.78, 5) is 54.4. The van der Waals surface area contributed by atoms with Crippen molar-refractivity contribution in [2.75, 3.05) is 30.9 Å². The van der Waals surface area contributed by atoms with Gasteiger partial charge in [0.1, 0.15) is 11.6 Å². The van der Waals surface area contributed by atoms with Gasteiger partial charge in [-0.2, -0.15) is 0 Å². The van der Waals surface area contributed by atoms with Gasteiger partial charge in [0.2, 0.25) is 5.95 Å². The molecule has 0 aliphatic rings. The molecule has 0 saturated heterocycles. The first-order valence-electron chi connectivity index (χ1n) is 11.7. The molecule has 13 heteroatoms. The molecule has 1 unspecified atom stereocenters. The van der Waals surface area contributed by atoms with E-state index in [-0.39, 0.29) is 36.6 Å². The molecule has 1 atom stereocenters. The molecule has 0 aliphatic heterocycles. The molecule has 37 heavy (non-hydrogen) atoms. The van der Waals surface area contributed by atoms with Gasteiger partial charge in [-0.1, -0.05) is 12.2 Å². The number of aromatic nitrogens is 4. The predicted molar refractivity (Wildman–Crippen MR) is 139 cm³/mol. The maximum atomic E-state index is 12.8. The first-order valence-corrected chi connectivity index (χ1v) is 12.1. The van der Waals surface area contributed by atoms with Crippen LogP contribution in [0, 0.1) is 4.64 Å². The van der Waals surface area contributed by atoms with Crippen molar-refractivity contribution in [3.8, 4) is 0 Å². The molecule has 1 amide bonds. The van der Waals surface area contributed by atoms with Crippen LogP contribution in [0.4, 0.5) is 11.6 Å². The van der Waals surface area contributed by atoms with Gasteiger partial charge in [-0.05, 0) is 44.5 Å². The molecule has 0 radical (unpaired) electrons. The summed E-state index contributed by atoms with van der Waals surface area (Å²) >= 11 is 5.23. The number of aromatic amines is 1. The van der Waals surface area contributed by atoms with Gasteiger partial charge in [0.15, 0.2) is 10.3 Å². The van der Waals surface area contributed by atoms with Gasteiger partial charge < -0.3 is 30.4 Å². The van der Waals surface area contributed by atoms with Crippen LogP contribution >= 0.6 is 12.2 Å². The Morgan fingerprint density at radius 2 is 1.84 bits per heavy atom. The van der Waals surface area contributed by atoms with E-state index in [2.05, 4.69) is 25.3 Å². The smallest absolute Gasteiger partial charge is 0.328 e. The molecule has 0 aliphatic carbocycles. The highest BCUT2D eigenvalue weighted by Crippen LogP contribution is 2.17. The fourth-order valence-corrected chi connectivity index (χ4v) is 3.72. The Bertz CT molecular complexity index is 1330. The van der Waals surface area contributed by atoms with Gasteiger partial charge in [0.25, 0.3) is 5.91 Å². The van der Waals surface area contributed by atoms with E-state index < -0.39 is 23.9 Å². The van der Waals surface area contributed by atoms with Crippen molar-refractivity contribution in [1.82, 2.24) is 25.3 Å². The second kappa shape index (κ2) is 12.7. The molecule has 0 spiro atoms. The molecular formula is C24H29N7O5S. The van der Waals surface area contributed by atoms with Crippen molar-refractivity contribution in [2.24, 2.45) is 0 Å². The number of benzene rings is 1. The summed E-state index contributed by atoms with van der Waals surface area (Å²) in [7, 11) is 1.87. The van der Waals surface area contributed by atoms with Crippen LogP contribution in [0.25, 0.3) is 11.2 Å². The number of nitrogens with one attached hydrogen (secondary N) is 2. The number of amides is 1. The van der Waals surface area contributed by atoms with Crippen LogP contribution in [0.15, 0.2) is 30.5 Å². The van der Waals surface area contributed by atoms with Crippen LogP contribution in [0.1, 0.15) is 42.7 Å². The Kier molecular flexibility index (Phi) is 9.44. The van der Waals surface area contributed by atoms with Crippen molar-refractivity contribution in [3.63, 3.8) is 0 Å². The van der Waals surface area contributed by atoms with Crippen molar-refractivity contribution in [3.05, 3.63) is 46.4 Å². The Balaban J connectivity index is 1.66. The number of fused-ring (bicyclic) bond motifs is 1. The van der Waals surface area contributed by atoms with Gasteiger partial charge in [0.05, 0.1) is 31.6 Å². The molecule has 3 aromatic rings. The van der Waals surface area contributed by atoms with Gasteiger partial charge in [-0.25, -0.2) is 19.7 Å². The third kappa shape index (κ3) is 7.43. The molecule has 0 saturated carbocycles. The average Bonchev–Trinajstić information content (AvgIpc) is 2.87. The minimum absolute atomic E-state index is 0.0204. The Morgan fingerprint density at radius 3 is 2.51 bits per heavy atom. The van der Waals surface area contributed by atoms with Crippen LogP contribution in [-0.4, -0.2) is 64.1 Å². The molecular weight excluding hydrogens is 498 g/mol. The second-order valence-electron chi connectivity index (χ2n) is 8.01. The largest absolute Gasteiger partial charge is 0.466 e. The third-order valence-corrected chi connectivity index (χ3v) is 5.57. The highest BCUT2D eigenvalue weighted by atomic mass is 32.1. The molecule has 12 nitrogen and oxygen atoms in total. The Morgan fingerprint density at radius 1 is 1.14 bits per heavy atom. The summed E-state index contributed by atoms with van der Waals surface area (Å²) in [5.41, 5.74) is 8.43. The van der Waals surface area contributed by atoms with Crippen LogP contribution in [0.2, 0.25) is 0 Å². The predicted octanol–water partition coefficient (Wildman–Crippen LogP) is 2.31. The summed E-state index contributed by atoms with van der Waals surface area (Å²) in [5, 5.41) is 2.65. The first kappa shape index (κ1) is 27.5. The number of hydrogen-bond donors (Lipinski definition) is 3. The number of anilines is 2. The fourth-order valence-electron chi connectivity index (χ4n) is 3.48. The summed E-state index contributed by atoms with van der Waals surface area (Å²) in [6.45, 7) is 4.18. The molecule has 2 aromatic heterocycles. The summed E-state index contributed by atoms with van der Waals surface area (Å²) in [5.74, 6) is -1.34. The quantitative estimate of drug-likeness (QED) is 0.247. The summed E-state index contributed by atoms with van der Waals surface area (Å²) in [6, 6.07) is 5.86. The topological polar surface area (TPSA) is 165 Å². The Hall–Kier alpha value is -4.13. The second-order valence-corrected chi connectivity index (χ2v) is 8.40. The van der Waals surface area contributed by atoms with E-state index in [1.165, 1.54) is 0 Å². The van der Waals surface area contributed by atoms with E-state index >= 15 is 0 Å². The number of nitrogens with zero attached hydrogens (tertiary/aromatic N) is 4. The SMILES string of the molecule is CCOC(=O)CCC(NC(=O)c1ccc(N(C)Cc2cnc3[nH]c(N)nc(=S)c3n2)cc1)C(=O)OCC. The number of esters is 2. The fraction of sp³-hybridized carbons (Fsp3) is 0.375. The lowest BCUT2D eigenvalue weighted by molar-refractivity contribution is -0.146. The zero-order valence-electron chi connectivity index (χ0n) is 20.8. The Labute approximate surface area is 218 Å². The highest BCUT2D eigenvalue weighted by Gasteiger charge is 2.24. The molecule has 1 aromatic carbocycles. The number of H-pyrrole nitrogens is 1. The number of nitrogen functional groups attached to an aromatic ring is 1. The van der Waals surface area contributed by atoms with Crippen LogP contribution < -0.4 is 16.0 Å². The van der Waals surface area contributed by atoms with Crippen LogP contribution in [-0.2, 0) is 25.6 Å². The van der Waals surface area contributed by atoms with E-state index in [1.54, 1.807) is 44.3 Å². The zero-order valence-corrected chi connectivity index (χ0v) is 21.6. The van der Waals surface area contributed by atoms with E-state index in [0.29, 0.717) is 29.0 Å². The molecule has 2 heterocycles. The lowest BCUT2D eigenvalue weighted by Crippen LogP contribution is -2.42. The van der Waals surface area contributed by atoms with Crippen LogP contribution in [0.3, 0.4) is 0 Å². The lowest BCUT2D eigenvalue weighted by Gasteiger charge is -2.20. The van der Waals surface area contributed by atoms with E-state index in [0.717, 1.165) is 5.69 Å². The van der Waals surface area contributed by atoms with E-state index in [4.69, 9.17) is 27.4 Å². The maximum absolute atomic E-state index is 12.8. The van der Waals surface area contributed by atoms with Crippen molar-refractivity contribution in [1.29, 1.82) is 0 Å². The average molecular weight is 528 g/mol. The minimum atomic E-state index is -0.970. The summed E-state index contributed by atoms with van der Waals surface area (Å²) < 4.78 is 10.2. The van der Waals surface area contributed by atoms with Crippen molar-refractivity contribution >= 4 is 52.9 Å². The minimum Gasteiger partial charge on any atom is -0.466 e. The number of rotatable bonds is 11. The summed E-state index contributed by atoms with van der Waals surface area (Å²) in [6.07, 6.45) is 1.67. The monoisotopic (exact) mass is 527 g/mol. The van der Waals surface area contributed by atoms with Crippen molar-refractivity contribution in [2.45, 2.75) is 39.3 Å². The lowest BCUT2D eigenvalue weighted by atomic mass is 10.1. The number of nitrogens with two attached hydrogens (primary N) is 1. The van der Waals surface area contributed by atoms with E-state index in [1.807, 2.05) is 11.9 Å². The maximum Gasteiger partial charge on any atom is 0.328 e. The molecule has 196 valence electrons. The molecule has 3 rings (SSSR count). The number of carbonyl (C=O) groups is 3. The standard InChI is InChI=1S/C24H29N7O5S/c1-4-35-18(32)11-10-17(23(34)36-5-2)28-21(33)14-6-8-16(9-7-14)31(3)13-15-12-26-20-19(27-15)22(37)30-24(25)29-20/h6-9,12,17H,4-5,10-11,13H2,1-3H3,(H,28,33)(H3,25,26,29,30,37). The van der Waals surface area contributed by atoms with Crippen LogP contribution in [0.5, 0.6) is 0 Å². The number of carbonyl (C=O) groups excluding carboxylic acids is 3. The molecule has 0 fully saturated rings. The van der Waals surface area contributed by atoms with Crippen molar-refractivity contribution < 1.29 is 23.9 Å². The molecule has 4 N–H and O–H groups in total. The number of ether oxygens (including phenoxy) is 2. The van der Waals surface area contributed by atoms with Gasteiger partial charge in [-0.3, -0.25) is 9.59 Å². The third-order valence-electron chi connectivity index (χ3n) is 5.28.